The fourth-order valence-electron chi connectivity index (χ4n) is 6.45. The van der Waals surface area contributed by atoms with E-state index >= 15 is 0 Å². The molecule has 1 N–H and O–H groups in total. The molecule has 5 rings (SSSR count). The number of amides is 2. The zero-order valence-electron chi connectivity index (χ0n) is 23.3. The minimum absolute atomic E-state index is 0.0174. The van der Waals surface area contributed by atoms with E-state index in [0.717, 1.165) is 16.7 Å². The van der Waals surface area contributed by atoms with Gasteiger partial charge in [-0.25, -0.2) is 4.79 Å². The highest BCUT2D eigenvalue weighted by Gasteiger charge is 2.57. The highest BCUT2D eigenvalue weighted by atomic mass is 16.4. The third-order valence-corrected chi connectivity index (χ3v) is 8.40. The second-order valence-electron chi connectivity index (χ2n) is 11.2. The van der Waals surface area contributed by atoms with Crippen LogP contribution < -0.4 is 0 Å². The van der Waals surface area contributed by atoms with Crippen LogP contribution in [0.4, 0.5) is 0 Å². The number of carboxylic acid groups (broad SMARTS) is 1. The largest absolute Gasteiger partial charge is 0.480 e. The molecule has 0 bridgehead atoms. The molecule has 0 saturated carbocycles. The maximum absolute atomic E-state index is 13.9. The predicted molar refractivity (Wildman–Crippen MR) is 153 cm³/mol. The quantitative estimate of drug-likeness (QED) is 0.328. The van der Waals surface area contributed by atoms with Crippen molar-refractivity contribution in [2.45, 2.75) is 37.9 Å². The van der Waals surface area contributed by atoms with Gasteiger partial charge in [-0.1, -0.05) is 105 Å². The molecule has 2 amide bonds. The van der Waals surface area contributed by atoms with E-state index in [1.807, 2.05) is 54.6 Å². The molecule has 0 radical (unpaired) electrons. The van der Waals surface area contributed by atoms with Crippen LogP contribution in [0.3, 0.4) is 0 Å². The molecular formula is C33H37N3O4. The van der Waals surface area contributed by atoms with Gasteiger partial charge in [-0.15, -0.1) is 0 Å². The number of carbonyl (C=O) groups excluding carboxylic acids is 2. The number of likely N-dealkylation sites (N-methyl/N-ethyl adjacent to an activating group) is 1. The number of hydrogen-bond donors (Lipinski definition) is 1. The summed E-state index contributed by atoms with van der Waals surface area (Å²) in [6.45, 7) is 5.00. The molecule has 3 aromatic carbocycles. The predicted octanol–water partition coefficient (Wildman–Crippen LogP) is 4.08. The fourth-order valence-corrected chi connectivity index (χ4v) is 6.45. The Morgan fingerprint density at radius 3 is 1.73 bits per heavy atom. The Morgan fingerprint density at radius 1 is 0.825 bits per heavy atom. The van der Waals surface area contributed by atoms with Crippen molar-refractivity contribution < 1.29 is 19.5 Å². The number of likely N-dealkylation sites (tertiary alicyclic amines) is 1. The first-order valence-corrected chi connectivity index (χ1v) is 14.0. The van der Waals surface area contributed by atoms with Crippen LogP contribution in [0.5, 0.6) is 0 Å². The fraction of sp³-hybridized carbons (Fsp3) is 0.364. The van der Waals surface area contributed by atoms with E-state index in [4.69, 9.17) is 0 Å². The number of carbonyl (C=O) groups is 3. The Hall–Kier alpha value is -3.97. The van der Waals surface area contributed by atoms with Crippen LogP contribution in [0.15, 0.2) is 91.0 Å². The van der Waals surface area contributed by atoms with Gasteiger partial charge in [0.05, 0.1) is 11.5 Å². The summed E-state index contributed by atoms with van der Waals surface area (Å²) in [6, 6.07) is 29.7. The Bertz CT molecular complexity index is 1250. The molecule has 7 heteroatoms. The lowest BCUT2D eigenvalue weighted by Crippen LogP contribution is -2.48. The SMILES string of the molecule is CC(C)[C@@H](C(=O)O)N(C)C(=O)[C@H]1CCN(C(=O)[C@@H]2CN2C(c2ccccc2)(c2ccccc2)c2ccccc2)C1. The van der Waals surface area contributed by atoms with Crippen molar-refractivity contribution in [3.8, 4) is 0 Å². The Labute approximate surface area is 236 Å². The molecule has 0 spiro atoms. The third-order valence-electron chi connectivity index (χ3n) is 8.40. The van der Waals surface area contributed by atoms with Crippen LogP contribution >= 0.6 is 0 Å². The summed E-state index contributed by atoms with van der Waals surface area (Å²) in [5, 5.41) is 9.65. The molecule has 0 aromatic heterocycles. The molecule has 3 aromatic rings. The number of benzene rings is 3. The smallest absolute Gasteiger partial charge is 0.326 e. The topological polar surface area (TPSA) is 80.9 Å². The van der Waals surface area contributed by atoms with Gasteiger partial charge in [0.15, 0.2) is 0 Å². The van der Waals surface area contributed by atoms with E-state index in [1.54, 1.807) is 25.8 Å². The molecule has 2 aliphatic rings. The molecule has 4 atom stereocenters. The van der Waals surface area contributed by atoms with Gasteiger partial charge in [-0.3, -0.25) is 14.5 Å². The molecule has 7 nitrogen and oxygen atoms in total. The van der Waals surface area contributed by atoms with Crippen molar-refractivity contribution in [1.29, 1.82) is 0 Å². The van der Waals surface area contributed by atoms with Crippen molar-refractivity contribution in [3.63, 3.8) is 0 Å². The van der Waals surface area contributed by atoms with Crippen LogP contribution in [0, 0.1) is 11.8 Å². The van der Waals surface area contributed by atoms with Crippen molar-refractivity contribution in [2.75, 3.05) is 26.7 Å². The van der Waals surface area contributed by atoms with Crippen molar-refractivity contribution in [2.24, 2.45) is 11.8 Å². The van der Waals surface area contributed by atoms with Gasteiger partial charge < -0.3 is 14.9 Å². The van der Waals surface area contributed by atoms with E-state index in [-0.39, 0.29) is 23.8 Å². The lowest BCUT2D eigenvalue weighted by atomic mass is 9.76. The molecule has 2 fully saturated rings. The van der Waals surface area contributed by atoms with Gasteiger partial charge in [0.1, 0.15) is 12.1 Å². The van der Waals surface area contributed by atoms with Crippen LogP contribution in [0.1, 0.15) is 37.0 Å². The second-order valence-corrected chi connectivity index (χ2v) is 11.2. The van der Waals surface area contributed by atoms with E-state index in [1.165, 1.54) is 4.90 Å². The Morgan fingerprint density at radius 2 is 1.30 bits per heavy atom. The number of nitrogens with zero attached hydrogens (tertiary/aromatic N) is 3. The zero-order chi connectivity index (χ0) is 28.4. The van der Waals surface area contributed by atoms with Crippen LogP contribution in [0.2, 0.25) is 0 Å². The summed E-state index contributed by atoms with van der Waals surface area (Å²) < 4.78 is 0. The number of carboxylic acids is 1. The maximum Gasteiger partial charge on any atom is 0.326 e. The van der Waals surface area contributed by atoms with Gasteiger partial charge in [-0.05, 0) is 29.0 Å². The van der Waals surface area contributed by atoms with Crippen LogP contribution in [-0.2, 0) is 19.9 Å². The monoisotopic (exact) mass is 539 g/mol. The van der Waals surface area contributed by atoms with E-state index in [0.29, 0.717) is 26.1 Å². The summed E-state index contributed by atoms with van der Waals surface area (Å²) in [5.74, 6) is -1.82. The zero-order valence-corrected chi connectivity index (χ0v) is 23.3. The average molecular weight is 540 g/mol. The molecule has 2 aliphatic heterocycles. The van der Waals surface area contributed by atoms with Crippen molar-refractivity contribution in [1.82, 2.24) is 14.7 Å². The minimum Gasteiger partial charge on any atom is -0.480 e. The first-order chi connectivity index (χ1) is 19.3. The summed E-state index contributed by atoms with van der Waals surface area (Å²) in [6.07, 6.45) is 0.535. The molecule has 0 aliphatic carbocycles. The summed E-state index contributed by atoms with van der Waals surface area (Å²) in [4.78, 5) is 44.3. The minimum atomic E-state index is -1.01. The normalized spacial score (nSPS) is 21.2. The number of hydrogen-bond acceptors (Lipinski definition) is 4. The Kier molecular flexibility index (Phi) is 7.76. The average Bonchev–Trinajstić information content (AvgIpc) is 3.60. The van der Waals surface area contributed by atoms with Crippen LogP contribution in [-0.4, -0.2) is 76.4 Å². The maximum atomic E-state index is 13.9. The molecule has 40 heavy (non-hydrogen) atoms. The van der Waals surface area contributed by atoms with Gasteiger partial charge in [0.25, 0.3) is 0 Å². The summed E-state index contributed by atoms with van der Waals surface area (Å²) in [5.41, 5.74) is 2.62. The first kappa shape index (κ1) is 27.6. The van der Waals surface area contributed by atoms with Gasteiger partial charge in [-0.2, -0.15) is 0 Å². The van der Waals surface area contributed by atoms with Crippen LogP contribution in [0.25, 0.3) is 0 Å². The standard InChI is InChI=1S/C33H37N3O4/c1-23(2)29(32(39)40)34(3)30(37)24-19-20-35(21-24)31(38)28-22-36(28)33(25-13-7-4-8-14-25,26-15-9-5-10-16-26)27-17-11-6-12-18-27/h4-18,23-24,28-29H,19-22H2,1-3H3,(H,39,40)/t24-,28-,29-,36?/m0/s1. The molecule has 208 valence electrons. The summed E-state index contributed by atoms with van der Waals surface area (Å²) in [7, 11) is 1.56. The van der Waals surface area contributed by atoms with Crippen molar-refractivity contribution >= 4 is 17.8 Å². The molecule has 2 saturated heterocycles. The van der Waals surface area contributed by atoms with Gasteiger partial charge in [0, 0.05) is 26.7 Å². The van der Waals surface area contributed by atoms with E-state index in [2.05, 4.69) is 41.3 Å². The van der Waals surface area contributed by atoms with Crippen molar-refractivity contribution in [3.05, 3.63) is 108 Å². The number of aliphatic carboxylic acids is 1. The molecular weight excluding hydrogens is 502 g/mol. The summed E-state index contributed by atoms with van der Waals surface area (Å²) >= 11 is 0. The molecule has 1 unspecified atom stereocenters. The van der Waals surface area contributed by atoms with E-state index < -0.39 is 23.5 Å². The number of rotatable bonds is 9. The molecule has 2 heterocycles. The van der Waals surface area contributed by atoms with E-state index in [9.17, 15) is 19.5 Å². The second kappa shape index (κ2) is 11.3. The highest BCUT2D eigenvalue weighted by molar-refractivity contribution is 5.89. The van der Waals surface area contributed by atoms with Gasteiger partial charge >= 0.3 is 5.97 Å². The lowest BCUT2D eigenvalue weighted by Gasteiger charge is -2.38. The Balaban J connectivity index is 1.41. The van der Waals surface area contributed by atoms with Gasteiger partial charge in [0.2, 0.25) is 11.8 Å². The lowest BCUT2D eigenvalue weighted by molar-refractivity contribution is -0.152. The first-order valence-electron chi connectivity index (χ1n) is 14.0. The highest BCUT2D eigenvalue weighted by Crippen LogP contribution is 2.48. The third kappa shape index (κ3) is 4.90.